The summed E-state index contributed by atoms with van der Waals surface area (Å²) in [4.78, 5) is 12.2. The monoisotopic (exact) mass is 280 g/mol. The molecular formula is C15H21FN2O2. The van der Waals surface area contributed by atoms with E-state index in [1.165, 1.54) is 6.07 Å². The van der Waals surface area contributed by atoms with Crippen molar-refractivity contribution in [3.8, 4) is 0 Å². The number of rotatable bonds is 3. The highest BCUT2D eigenvalue weighted by molar-refractivity contribution is 5.82. The van der Waals surface area contributed by atoms with Crippen molar-refractivity contribution in [1.29, 1.82) is 0 Å². The molecule has 0 aliphatic carbocycles. The summed E-state index contributed by atoms with van der Waals surface area (Å²) in [6.45, 7) is 6.70. The van der Waals surface area contributed by atoms with E-state index in [-0.39, 0.29) is 29.9 Å². The number of morpholine rings is 1. The molecule has 3 atom stereocenters. The molecule has 20 heavy (non-hydrogen) atoms. The molecule has 110 valence electrons. The van der Waals surface area contributed by atoms with Crippen LogP contribution in [0.25, 0.3) is 0 Å². The molecule has 1 heterocycles. The van der Waals surface area contributed by atoms with Crippen molar-refractivity contribution in [3.05, 3.63) is 35.1 Å². The van der Waals surface area contributed by atoms with Gasteiger partial charge in [-0.1, -0.05) is 12.1 Å². The van der Waals surface area contributed by atoms with E-state index in [1.807, 2.05) is 19.9 Å². The number of halogens is 1. The van der Waals surface area contributed by atoms with Gasteiger partial charge in [-0.3, -0.25) is 4.79 Å². The summed E-state index contributed by atoms with van der Waals surface area (Å²) >= 11 is 0. The fourth-order valence-corrected chi connectivity index (χ4v) is 2.29. The minimum absolute atomic E-state index is 0.120. The van der Waals surface area contributed by atoms with Gasteiger partial charge in [0.1, 0.15) is 11.9 Å². The van der Waals surface area contributed by atoms with Gasteiger partial charge in [0.2, 0.25) is 5.91 Å². The lowest BCUT2D eigenvalue weighted by atomic mass is 10.0. The van der Waals surface area contributed by atoms with Crippen molar-refractivity contribution in [3.63, 3.8) is 0 Å². The molecule has 0 bridgehead atoms. The van der Waals surface area contributed by atoms with Crippen molar-refractivity contribution in [2.45, 2.75) is 39.0 Å². The van der Waals surface area contributed by atoms with Crippen LogP contribution in [-0.4, -0.2) is 31.2 Å². The molecule has 0 aromatic heterocycles. The number of ether oxygens (including phenoxy) is 1. The predicted molar refractivity (Wildman–Crippen MR) is 74.9 cm³/mol. The molecule has 1 aromatic rings. The van der Waals surface area contributed by atoms with Gasteiger partial charge in [0, 0.05) is 6.54 Å². The Morgan fingerprint density at radius 3 is 2.95 bits per heavy atom. The smallest absolute Gasteiger partial charge is 0.240 e. The minimum atomic E-state index is -0.360. The lowest BCUT2D eigenvalue weighted by Crippen LogP contribution is -2.55. The Bertz CT molecular complexity index is 493. The molecule has 1 amide bonds. The maximum Gasteiger partial charge on any atom is 0.240 e. The second kappa shape index (κ2) is 6.33. The molecule has 1 aromatic carbocycles. The van der Waals surface area contributed by atoms with E-state index < -0.39 is 0 Å². The summed E-state index contributed by atoms with van der Waals surface area (Å²) in [6.07, 6.45) is -0.161. The largest absolute Gasteiger partial charge is 0.375 e. The summed E-state index contributed by atoms with van der Waals surface area (Å²) in [5.74, 6) is -0.373. The highest BCUT2D eigenvalue weighted by Crippen LogP contribution is 2.17. The van der Waals surface area contributed by atoms with Crippen LogP contribution in [0.4, 0.5) is 4.39 Å². The van der Waals surface area contributed by atoms with Gasteiger partial charge in [0.25, 0.3) is 0 Å². The van der Waals surface area contributed by atoms with E-state index in [0.717, 1.165) is 5.56 Å². The van der Waals surface area contributed by atoms with E-state index in [4.69, 9.17) is 4.74 Å². The lowest BCUT2D eigenvalue weighted by molar-refractivity contribution is -0.129. The molecule has 0 saturated carbocycles. The standard InChI is InChI=1S/C15H21FN2O2/c1-9-4-5-12(8-13(9)16)10(2)18-15(19)14-11(3)20-7-6-17-14/h4-5,8,10-11,14,17H,6-7H2,1-3H3,(H,18,19)/t10?,11-,14+/m1/s1. The number of benzene rings is 1. The molecular weight excluding hydrogens is 259 g/mol. The molecule has 1 saturated heterocycles. The van der Waals surface area contributed by atoms with Gasteiger partial charge >= 0.3 is 0 Å². The molecule has 2 rings (SSSR count). The number of hydrogen-bond donors (Lipinski definition) is 2. The SMILES string of the molecule is Cc1ccc(C(C)NC(=O)[C@H]2NCCO[C@@H]2C)cc1F. The van der Waals surface area contributed by atoms with Crippen molar-refractivity contribution in [2.24, 2.45) is 0 Å². The van der Waals surface area contributed by atoms with Gasteiger partial charge in [-0.05, 0) is 38.0 Å². The third kappa shape index (κ3) is 3.35. The summed E-state index contributed by atoms with van der Waals surface area (Å²) in [5.41, 5.74) is 1.36. The number of hydrogen-bond acceptors (Lipinski definition) is 3. The van der Waals surface area contributed by atoms with Crippen molar-refractivity contribution in [2.75, 3.05) is 13.2 Å². The summed E-state index contributed by atoms with van der Waals surface area (Å²) in [7, 11) is 0. The van der Waals surface area contributed by atoms with Crippen LogP contribution in [0.15, 0.2) is 18.2 Å². The van der Waals surface area contributed by atoms with Crippen LogP contribution >= 0.6 is 0 Å². The zero-order valence-corrected chi connectivity index (χ0v) is 12.1. The molecule has 1 fully saturated rings. The van der Waals surface area contributed by atoms with Gasteiger partial charge in [-0.2, -0.15) is 0 Å². The van der Waals surface area contributed by atoms with Crippen molar-refractivity contribution in [1.82, 2.24) is 10.6 Å². The zero-order chi connectivity index (χ0) is 14.7. The van der Waals surface area contributed by atoms with Crippen LogP contribution in [0.5, 0.6) is 0 Å². The quantitative estimate of drug-likeness (QED) is 0.886. The van der Waals surface area contributed by atoms with Crippen LogP contribution in [0, 0.1) is 12.7 Å². The highest BCUT2D eigenvalue weighted by atomic mass is 19.1. The first kappa shape index (κ1) is 14.9. The Morgan fingerprint density at radius 1 is 1.55 bits per heavy atom. The number of amides is 1. The predicted octanol–water partition coefficient (Wildman–Crippen LogP) is 1.69. The Hall–Kier alpha value is -1.46. The first-order chi connectivity index (χ1) is 9.49. The fourth-order valence-electron chi connectivity index (χ4n) is 2.29. The van der Waals surface area contributed by atoms with Gasteiger partial charge in [-0.15, -0.1) is 0 Å². The molecule has 1 unspecified atom stereocenters. The van der Waals surface area contributed by atoms with E-state index >= 15 is 0 Å². The molecule has 1 aliphatic heterocycles. The average molecular weight is 280 g/mol. The minimum Gasteiger partial charge on any atom is -0.375 e. The number of aryl methyl sites for hydroxylation is 1. The van der Waals surface area contributed by atoms with Crippen LogP contribution in [-0.2, 0) is 9.53 Å². The van der Waals surface area contributed by atoms with Gasteiger partial charge in [-0.25, -0.2) is 4.39 Å². The topological polar surface area (TPSA) is 50.4 Å². The molecule has 4 nitrogen and oxygen atoms in total. The lowest BCUT2D eigenvalue weighted by Gasteiger charge is -2.30. The summed E-state index contributed by atoms with van der Waals surface area (Å²) in [6, 6.07) is 4.42. The second-order valence-corrected chi connectivity index (χ2v) is 5.25. The third-order valence-electron chi connectivity index (χ3n) is 3.65. The van der Waals surface area contributed by atoms with Gasteiger partial charge in [0.15, 0.2) is 0 Å². The van der Waals surface area contributed by atoms with E-state index in [9.17, 15) is 9.18 Å². The number of nitrogens with one attached hydrogen (secondary N) is 2. The average Bonchev–Trinajstić information content (AvgIpc) is 2.42. The Morgan fingerprint density at radius 2 is 2.30 bits per heavy atom. The Kier molecular flexibility index (Phi) is 4.73. The van der Waals surface area contributed by atoms with Crippen LogP contribution in [0.3, 0.4) is 0 Å². The van der Waals surface area contributed by atoms with Gasteiger partial charge < -0.3 is 15.4 Å². The number of carbonyl (C=O) groups is 1. The Labute approximate surface area is 118 Å². The first-order valence-electron chi connectivity index (χ1n) is 6.90. The van der Waals surface area contributed by atoms with Crippen molar-refractivity contribution < 1.29 is 13.9 Å². The molecule has 5 heteroatoms. The van der Waals surface area contributed by atoms with E-state index in [2.05, 4.69) is 10.6 Å². The van der Waals surface area contributed by atoms with Crippen LogP contribution in [0.1, 0.15) is 31.0 Å². The van der Waals surface area contributed by atoms with Crippen LogP contribution in [0.2, 0.25) is 0 Å². The second-order valence-electron chi connectivity index (χ2n) is 5.25. The maximum atomic E-state index is 13.5. The van der Waals surface area contributed by atoms with Crippen molar-refractivity contribution >= 4 is 5.91 Å². The maximum absolute atomic E-state index is 13.5. The first-order valence-corrected chi connectivity index (χ1v) is 6.90. The normalized spacial score (nSPS) is 24.2. The molecule has 0 spiro atoms. The van der Waals surface area contributed by atoms with E-state index in [1.54, 1.807) is 13.0 Å². The zero-order valence-electron chi connectivity index (χ0n) is 12.1. The Balaban J connectivity index is 2.01. The van der Waals surface area contributed by atoms with E-state index in [0.29, 0.717) is 18.7 Å². The summed E-state index contributed by atoms with van der Waals surface area (Å²) in [5, 5.41) is 6.03. The third-order valence-corrected chi connectivity index (χ3v) is 3.65. The molecule has 0 radical (unpaired) electrons. The van der Waals surface area contributed by atoms with Crippen LogP contribution < -0.4 is 10.6 Å². The fraction of sp³-hybridized carbons (Fsp3) is 0.533. The molecule has 1 aliphatic rings. The number of carbonyl (C=O) groups excluding carboxylic acids is 1. The highest BCUT2D eigenvalue weighted by Gasteiger charge is 2.29. The summed E-state index contributed by atoms with van der Waals surface area (Å²) < 4.78 is 19.0. The molecule has 2 N–H and O–H groups in total. The van der Waals surface area contributed by atoms with Gasteiger partial charge in [0.05, 0.1) is 18.8 Å².